The fourth-order valence-electron chi connectivity index (χ4n) is 3.48. The van der Waals surface area contributed by atoms with Crippen LogP contribution in [0, 0.1) is 20.8 Å². The Morgan fingerprint density at radius 1 is 1.03 bits per heavy atom. The van der Waals surface area contributed by atoms with E-state index >= 15 is 0 Å². The Kier molecular flexibility index (Phi) is 6.56. The highest BCUT2D eigenvalue weighted by Gasteiger charge is 2.34. The number of nitrogens with one attached hydrogen (secondary N) is 1. The number of piperazine rings is 1. The van der Waals surface area contributed by atoms with E-state index in [9.17, 15) is 21.6 Å². The van der Waals surface area contributed by atoms with Crippen LogP contribution >= 0.6 is 0 Å². The van der Waals surface area contributed by atoms with Crippen molar-refractivity contribution >= 4 is 26.0 Å². The molecule has 31 heavy (non-hydrogen) atoms. The molecule has 1 aromatic heterocycles. The molecular weight excluding hydrogens is 444 g/mol. The van der Waals surface area contributed by atoms with Gasteiger partial charge in [0.05, 0.1) is 10.9 Å². The van der Waals surface area contributed by atoms with Gasteiger partial charge in [0.2, 0.25) is 26.0 Å². The van der Waals surface area contributed by atoms with Gasteiger partial charge in [0.1, 0.15) is 10.6 Å². The Morgan fingerprint density at radius 2 is 1.61 bits per heavy atom. The lowest BCUT2D eigenvalue weighted by Gasteiger charge is -2.35. The Hall–Kier alpha value is -2.28. The standard InChI is InChI=1S/C19H26N4O6S2/c1-13-5-7-17(8-6-13)31(27,28)23-11-9-22(10-12-23)19(24)15(3)21-30(25,26)18-14(2)20-29-16(18)4/h5-8,15,21H,9-12H2,1-4H3/t15-/m0/s1. The largest absolute Gasteiger partial charge is 0.360 e. The first-order valence-electron chi connectivity index (χ1n) is 9.74. The van der Waals surface area contributed by atoms with Crippen molar-refractivity contribution in [3.63, 3.8) is 0 Å². The molecule has 1 aromatic carbocycles. The maximum Gasteiger partial charge on any atom is 0.246 e. The van der Waals surface area contributed by atoms with Crippen molar-refractivity contribution in [3.8, 4) is 0 Å². The van der Waals surface area contributed by atoms with Crippen molar-refractivity contribution in [1.29, 1.82) is 0 Å². The van der Waals surface area contributed by atoms with E-state index in [2.05, 4.69) is 9.88 Å². The molecule has 1 fully saturated rings. The third-order valence-electron chi connectivity index (χ3n) is 5.15. The summed E-state index contributed by atoms with van der Waals surface area (Å²) in [5.74, 6) is -0.290. The maximum absolute atomic E-state index is 12.8. The molecule has 10 nitrogen and oxygen atoms in total. The molecule has 1 aliphatic heterocycles. The summed E-state index contributed by atoms with van der Waals surface area (Å²) < 4.78 is 59.5. The van der Waals surface area contributed by atoms with Crippen molar-refractivity contribution < 1.29 is 26.2 Å². The summed E-state index contributed by atoms with van der Waals surface area (Å²) in [7, 11) is -7.64. The van der Waals surface area contributed by atoms with E-state index in [1.807, 2.05) is 6.92 Å². The third kappa shape index (κ3) is 4.81. The van der Waals surface area contributed by atoms with Gasteiger partial charge in [-0.15, -0.1) is 0 Å². The molecule has 1 N–H and O–H groups in total. The lowest BCUT2D eigenvalue weighted by Crippen LogP contribution is -2.55. The zero-order valence-electron chi connectivity index (χ0n) is 17.8. The second-order valence-corrected chi connectivity index (χ2v) is 11.1. The molecule has 0 unspecified atom stereocenters. The lowest BCUT2D eigenvalue weighted by molar-refractivity contribution is -0.133. The Labute approximate surface area is 182 Å². The summed E-state index contributed by atoms with van der Waals surface area (Å²) in [6.45, 7) is 6.91. The number of nitrogens with zero attached hydrogens (tertiary/aromatic N) is 3. The van der Waals surface area contributed by atoms with Gasteiger partial charge in [-0.25, -0.2) is 16.8 Å². The molecule has 1 aliphatic rings. The fourth-order valence-corrected chi connectivity index (χ4v) is 6.43. The molecule has 0 saturated carbocycles. The Bertz CT molecular complexity index is 1140. The zero-order valence-corrected chi connectivity index (χ0v) is 19.5. The predicted molar refractivity (Wildman–Crippen MR) is 112 cm³/mol. The average molecular weight is 471 g/mol. The van der Waals surface area contributed by atoms with Gasteiger partial charge in [0.25, 0.3) is 0 Å². The van der Waals surface area contributed by atoms with E-state index in [1.165, 1.54) is 30.0 Å². The Morgan fingerprint density at radius 3 is 2.13 bits per heavy atom. The molecular formula is C19H26N4O6S2. The summed E-state index contributed by atoms with van der Waals surface area (Å²) >= 11 is 0. The monoisotopic (exact) mass is 470 g/mol. The van der Waals surface area contributed by atoms with Crippen LogP contribution in [-0.4, -0.2) is 69.3 Å². The molecule has 1 saturated heterocycles. The number of hydrogen-bond donors (Lipinski definition) is 1. The van der Waals surface area contributed by atoms with E-state index in [4.69, 9.17) is 4.52 Å². The van der Waals surface area contributed by atoms with Crippen LogP contribution in [0.4, 0.5) is 0 Å². The average Bonchev–Trinajstić information content (AvgIpc) is 3.06. The maximum atomic E-state index is 12.8. The summed E-state index contributed by atoms with van der Waals surface area (Å²) in [5.41, 5.74) is 1.17. The minimum atomic E-state index is -3.99. The van der Waals surface area contributed by atoms with Crippen molar-refractivity contribution in [2.75, 3.05) is 26.2 Å². The number of aromatic nitrogens is 1. The van der Waals surface area contributed by atoms with Crippen molar-refractivity contribution in [2.24, 2.45) is 0 Å². The Balaban J connectivity index is 1.64. The number of benzene rings is 1. The number of rotatable bonds is 6. The normalized spacial score (nSPS) is 17.0. The number of carbonyl (C=O) groups excluding carboxylic acids is 1. The number of hydrogen-bond acceptors (Lipinski definition) is 7. The fraction of sp³-hybridized carbons (Fsp3) is 0.474. The molecule has 1 amide bonds. The van der Waals surface area contributed by atoms with E-state index < -0.39 is 32.0 Å². The van der Waals surface area contributed by atoms with Crippen LogP contribution in [0.2, 0.25) is 0 Å². The highest BCUT2D eigenvalue weighted by Crippen LogP contribution is 2.20. The van der Waals surface area contributed by atoms with Gasteiger partial charge in [-0.2, -0.15) is 9.03 Å². The number of aryl methyl sites for hydroxylation is 3. The van der Waals surface area contributed by atoms with Gasteiger partial charge >= 0.3 is 0 Å². The van der Waals surface area contributed by atoms with Gasteiger partial charge < -0.3 is 9.42 Å². The first-order chi connectivity index (χ1) is 14.4. The van der Waals surface area contributed by atoms with Crippen LogP contribution in [0.5, 0.6) is 0 Å². The summed E-state index contributed by atoms with van der Waals surface area (Å²) in [6.07, 6.45) is 0. The molecule has 0 radical (unpaired) electrons. The second kappa shape index (κ2) is 8.69. The van der Waals surface area contributed by atoms with E-state index in [0.717, 1.165) is 5.56 Å². The molecule has 2 heterocycles. The predicted octanol–water partition coefficient (Wildman–Crippen LogP) is 0.800. The van der Waals surface area contributed by atoms with Crippen LogP contribution in [0.15, 0.2) is 38.6 Å². The van der Waals surface area contributed by atoms with Crippen LogP contribution in [0.25, 0.3) is 0 Å². The van der Waals surface area contributed by atoms with Crippen LogP contribution in [0.1, 0.15) is 23.9 Å². The molecule has 0 spiro atoms. The highest BCUT2D eigenvalue weighted by molar-refractivity contribution is 7.89. The molecule has 0 bridgehead atoms. The van der Waals surface area contributed by atoms with E-state index in [1.54, 1.807) is 24.3 Å². The second-order valence-electron chi connectivity index (χ2n) is 7.54. The molecule has 1 atom stereocenters. The minimum Gasteiger partial charge on any atom is -0.360 e. The summed E-state index contributed by atoms with van der Waals surface area (Å²) in [4.78, 5) is 14.4. The van der Waals surface area contributed by atoms with Gasteiger partial charge in [-0.1, -0.05) is 22.9 Å². The smallest absolute Gasteiger partial charge is 0.246 e. The summed E-state index contributed by atoms with van der Waals surface area (Å²) in [5, 5.41) is 3.63. The highest BCUT2D eigenvalue weighted by atomic mass is 32.2. The topological polar surface area (TPSA) is 130 Å². The quantitative estimate of drug-likeness (QED) is 0.661. The molecule has 0 aliphatic carbocycles. The zero-order chi connectivity index (χ0) is 23.0. The summed E-state index contributed by atoms with van der Waals surface area (Å²) in [6, 6.07) is 5.57. The molecule has 3 rings (SSSR count). The molecule has 170 valence electrons. The van der Waals surface area contributed by atoms with E-state index in [-0.39, 0.29) is 47.4 Å². The SMILES string of the molecule is Cc1ccc(S(=O)(=O)N2CCN(C(=O)[C@H](C)NS(=O)(=O)c3c(C)noc3C)CC2)cc1. The molecule has 12 heteroatoms. The van der Waals surface area contributed by atoms with Crippen LogP contribution in [0.3, 0.4) is 0 Å². The first kappa shape index (κ1) is 23.4. The molecule has 2 aromatic rings. The van der Waals surface area contributed by atoms with Gasteiger partial charge in [0, 0.05) is 26.2 Å². The number of carbonyl (C=O) groups is 1. The van der Waals surface area contributed by atoms with Crippen molar-refractivity contribution in [1.82, 2.24) is 19.1 Å². The van der Waals surface area contributed by atoms with Gasteiger partial charge in [0.15, 0.2) is 5.76 Å². The van der Waals surface area contributed by atoms with Gasteiger partial charge in [-0.05, 0) is 39.8 Å². The van der Waals surface area contributed by atoms with Crippen LogP contribution in [-0.2, 0) is 24.8 Å². The van der Waals surface area contributed by atoms with Crippen LogP contribution < -0.4 is 4.72 Å². The number of sulfonamides is 2. The first-order valence-corrected chi connectivity index (χ1v) is 12.7. The number of amides is 1. The van der Waals surface area contributed by atoms with Gasteiger partial charge in [-0.3, -0.25) is 4.79 Å². The van der Waals surface area contributed by atoms with E-state index in [0.29, 0.717) is 0 Å². The minimum absolute atomic E-state index is 0.0823. The van der Waals surface area contributed by atoms with Crippen molar-refractivity contribution in [2.45, 2.75) is 43.5 Å². The lowest BCUT2D eigenvalue weighted by atomic mass is 10.2. The van der Waals surface area contributed by atoms with Crippen molar-refractivity contribution in [3.05, 3.63) is 41.3 Å². The third-order valence-corrected chi connectivity index (χ3v) is 8.85.